The molecule has 0 spiro atoms. The molecule has 1 atom stereocenters. The zero-order chi connectivity index (χ0) is 5.86. The van der Waals surface area contributed by atoms with Gasteiger partial charge in [0.1, 0.15) is 5.79 Å². The van der Waals surface area contributed by atoms with Gasteiger partial charge in [0, 0.05) is 6.08 Å². The van der Waals surface area contributed by atoms with Gasteiger partial charge in [0.05, 0.1) is 10.2 Å². The van der Waals surface area contributed by atoms with E-state index in [1.165, 1.54) is 0 Å². The Balaban J connectivity index is 3.45. The van der Waals surface area contributed by atoms with Crippen molar-refractivity contribution >= 4 is 10.2 Å². The van der Waals surface area contributed by atoms with Gasteiger partial charge in [-0.25, -0.2) is 4.39 Å². The second kappa shape index (κ2) is 2.84. The highest BCUT2D eigenvalue weighted by Gasteiger charge is 1.93. The molecule has 0 bridgehead atoms. The predicted molar refractivity (Wildman–Crippen MR) is 25.1 cm³/mol. The zero-order valence-corrected chi connectivity index (χ0v) is 5.79. The van der Waals surface area contributed by atoms with Crippen LogP contribution in [0.25, 0.3) is 0 Å². The van der Waals surface area contributed by atoms with Crippen molar-refractivity contribution in [1.29, 1.82) is 0 Å². The molecule has 0 aromatic rings. The molecule has 1 unspecified atom stereocenters. The topological polar surface area (TPSA) is 0 Å². The molecule has 0 nitrogen and oxygen atoms in total. The molecule has 0 aliphatic heterocycles. The third-order valence-corrected chi connectivity index (χ3v) is 0.689. The van der Waals surface area contributed by atoms with Gasteiger partial charge in [-0.1, -0.05) is 0 Å². The van der Waals surface area contributed by atoms with Gasteiger partial charge in [-0.2, -0.15) is 8.78 Å². The highest BCUT2D eigenvalue weighted by molar-refractivity contribution is 6.12. The monoisotopic (exact) mass is 126 g/mol. The zero-order valence-electron chi connectivity index (χ0n) is 3.79. The maximum absolute atomic E-state index is 11.5. The molecule has 0 N–H and O–H groups in total. The first-order chi connectivity index (χ1) is 3.13. The van der Waals surface area contributed by atoms with Crippen molar-refractivity contribution in [2.75, 3.05) is 0 Å². The Hall–Kier alpha value is -0.253. The lowest BCUT2D eigenvalue weighted by molar-refractivity contribution is 0.402. The second-order valence-corrected chi connectivity index (χ2v) is 2.24. The smallest absolute Gasteiger partial charge is 0.248 e. The van der Waals surface area contributed by atoms with E-state index in [1.807, 2.05) is 0 Å². The summed E-state index contributed by atoms with van der Waals surface area (Å²) in [5.41, 5.74) is 0. The van der Waals surface area contributed by atoms with Gasteiger partial charge in [-0.05, 0) is 0 Å². The molecule has 4 heteroatoms. The van der Waals surface area contributed by atoms with Crippen molar-refractivity contribution in [3.05, 3.63) is 12.2 Å². The first kappa shape index (κ1) is 6.75. The molecular formula is C3H5F3Si. The third-order valence-electron chi connectivity index (χ3n) is 0.356. The van der Waals surface area contributed by atoms with E-state index < -0.39 is 11.9 Å². The maximum Gasteiger partial charge on any atom is 0.268 e. The van der Waals surface area contributed by atoms with Crippen LogP contribution in [0.1, 0.15) is 0 Å². The van der Waals surface area contributed by atoms with Gasteiger partial charge in [0.25, 0.3) is 6.08 Å². The van der Waals surface area contributed by atoms with Crippen LogP contribution in [0.3, 0.4) is 0 Å². The molecule has 0 aliphatic carbocycles. The molecule has 0 saturated carbocycles. The number of hydrogen-bond acceptors (Lipinski definition) is 0. The first-order valence-electron chi connectivity index (χ1n) is 1.80. The fourth-order valence-electron chi connectivity index (χ4n) is 0.174. The maximum atomic E-state index is 11.5. The Labute approximate surface area is 42.4 Å². The highest BCUT2D eigenvalue weighted by Crippen LogP contribution is 1.98. The van der Waals surface area contributed by atoms with Crippen molar-refractivity contribution in [1.82, 2.24) is 0 Å². The molecule has 0 fully saturated rings. The lowest BCUT2D eigenvalue weighted by Gasteiger charge is -1.83. The largest absolute Gasteiger partial charge is 0.268 e. The minimum Gasteiger partial charge on any atom is -0.248 e. The average Bonchev–Trinajstić information content (AvgIpc) is 1.27. The summed E-state index contributed by atoms with van der Waals surface area (Å²) in [4.78, 5) is 0. The summed E-state index contributed by atoms with van der Waals surface area (Å²) in [5.74, 6) is -1.40. The number of rotatable bonds is 1. The molecule has 7 heavy (non-hydrogen) atoms. The normalized spacial score (nSPS) is 13.6. The van der Waals surface area contributed by atoms with Crippen molar-refractivity contribution in [3.8, 4) is 0 Å². The van der Waals surface area contributed by atoms with Crippen LogP contribution in [0.4, 0.5) is 13.2 Å². The van der Waals surface area contributed by atoms with Crippen LogP contribution in [0, 0.1) is 0 Å². The summed E-state index contributed by atoms with van der Waals surface area (Å²) in [7, 11) is 0.144. The lowest BCUT2D eigenvalue weighted by atomic mass is 10.7. The average molecular weight is 126 g/mol. The van der Waals surface area contributed by atoms with Crippen molar-refractivity contribution in [2.45, 2.75) is 5.79 Å². The van der Waals surface area contributed by atoms with Crippen LogP contribution < -0.4 is 0 Å². The molecule has 0 saturated heterocycles. The third kappa shape index (κ3) is 5.75. The fraction of sp³-hybridized carbons (Fsp3) is 0.333. The summed E-state index contributed by atoms with van der Waals surface area (Å²) in [6, 6.07) is 0. The van der Waals surface area contributed by atoms with Gasteiger partial charge in [0.2, 0.25) is 0 Å². The second-order valence-electron chi connectivity index (χ2n) is 1.13. The van der Waals surface area contributed by atoms with E-state index in [0.717, 1.165) is 0 Å². The lowest BCUT2D eigenvalue weighted by Crippen LogP contribution is -1.90. The van der Waals surface area contributed by atoms with Crippen LogP contribution in [-0.2, 0) is 0 Å². The van der Waals surface area contributed by atoms with E-state index in [0.29, 0.717) is 6.08 Å². The van der Waals surface area contributed by atoms with Crippen molar-refractivity contribution in [3.63, 3.8) is 0 Å². The molecule has 0 rings (SSSR count). The highest BCUT2D eigenvalue weighted by atomic mass is 28.1. The minimum atomic E-state index is -1.93. The molecule has 42 valence electrons. The van der Waals surface area contributed by atoms with E-state index in [-0.39, 0.29) is 10.2 Å². The number of hydrogen-bond donors (Lipinski definition) is 0. The van der Waals surface area contributed by atoms with Crippen LogP contribution in [0.5, 0.6) is 0 Å². The number of allylic oxidation sites excluding steroid dienone is 1. The van der Waals surface area contributed by atoms with Gasteiger partial charge in [-0.3, -0.25) is 0 Å². The molecule has 0 amide bonds. The molecule has 0 aliphatic rings. The Morgan fingerprint density at radius 2 is 2.00 bits per heavy atom. The Bertz CT molecular complexity index is 74.2. The minimum absolute atomic E-state index is 0.144. The first-order valence-corrected chi connectivity index (χ1v) is 2.95. The van der Waals surface area contributed by atoms with E-state index in [4.69, 9.17) is 0 Å². The summed E-state index contributed by atoms with van der Waals surface area (Å²) in [5, 5.41) is 0. The van der Waals surface area contributed by atoms with E-state index >= 15 is 0 Å². The summed E-state index contributed by atoms with van der Waals surface area (Å²) in [6.45, 7) is 0. The van der Waals surface area contributed by atoms with E-state index in [2.05, 4.69) is 0 Å². The summed E-state index contributed by atoms with van der Waals surface area (Å²) < 4.78 is 33.3. The predicted octanol–water partition coefficient (Wildman–Crippen LogP) is 0.428. The van der Waals surface area contributed by atoms with Gasteiger partial charge < -0.3 is 0 Å². The van der Waals surface area contributed by atoms with Gasteiger partial charge in [-0.15, -0.1) is 0 Å². The van der Waals surface area contributed by atoms with E-state index in [9.17, 15) is 13.2 Å². The fourth-order valence-corrected chi connectivity index (χ4v) is 0.426. The molecule has 0 aromatic carbocycles. The Morgan fingerprint density at radius 3 is 2.00 bits per heavy atom. The Morgan fingerprint density at radius 1 is 1.57 bits per heavy atom. The molecule has 0 radical (unpaired) electrons. The van der Waals surface area contributed by atoms with Crippen molar-refractivity contribution < 1.29 is 13.2 Å². The SMILES string of the molecule is FC(F)=CC(F)[SiH3]. The van der Waals surface area contributed by atoms with E-state index in [1.54, 1.807) is 0 Å². The quantitative estimate of drug-likeness (QED) is 0.447. The standard InChI is InChI=1S/C3H5F3Si/c4-2(5)1-3(6)7/h1,3H,7H3. The molecule has 0 heterocycles. The van der Waals surface area contributed by atoms with Crippen LogP contribution in [0.15, 0.2) is 12.2 Å². The van der Waals surface area contributed by atoms with Crippen LogP contribution in [-0.4, -0.2) is 16.0 Å². The molecular weight excluding hydrogens is 121 g/mol. The summed E-state index contributed by atoms with van der Waals surface area (Å²) in [6.07, 6.45) is -1.62. The number of halogens is 3. The molecule has 0 aromatic heterocycles. The number of alkyl halides is 1. The van der Waals surface area contributed by atoms with Gasteiger partial charge in [0.15, 0.2) is 0 Å². The van der Waals surface area contributed by atoms with Crippen LogP contribution in [0.2, 0.25) is 0 Å². The van der Waals surface area contributed by atoms with Gasteiger partial charge >= 0.3 is 0 Å². The van der Waals surface area contributed by atoms with Crippen molar-refractivity contribution in [2.24, 2.45) is 0 Å². The van der Waals surface area contributed by atoms with Crippen LogP contribution >= 0.6 is 0 Å². The summed E-state index contributed by atoms with van der Waals surface area (Å²) >= 11 is 0. The Kier molecular flexibility index (Phi) is 2.74.